The zero-order valence-electron chi connectivity index (χ0n) is 10.5. The fourth-order valence-electron chi connectivity index (χ4n) is 1.90. The molecule has 1 fully saturated rings. The van der Waals surface area contributed by atoms with Crippen LogP contribution in [0.5, 0.6) is 0 Å². The van der Waals surface area contributed by atoms with E-state index in [-0.39, 0.29) is 4.90 Å². The van der Waals surface area contributed by atoms with Gasteiger partial charge in [0.05, 0.1) is 4.90 Å². The first kappa shape index (κ1) is 13.5. The van der Waals surface area contributed by atoms with Gasteiger partial charge in [0.1, 0.15) is 5.82 Å². The molecule has 0 spiro atoms. The summed E-state index contributed by atoms with van der Waals surface area (Å²) in [4.78, 5) is 0.179. The highest BCUT2D eigenvalue weighted by Gasteiger charge is 2.31. The molecule has 1 aliphatic rings. The molecule has 1 aromatic carbocycles. The van der Waals surface area contributed by atoms with Crippen LogP contribution in [0.15, 0.2) is 29.2 Å². The first-order valence-corrected chi connectivity index (χ1v) is 7.73. The van der Waals surface area contributed by atoms with Gasteiger partial charge in [0.2, 0.25) is 10.0 Å². The largest absolute Gasteiger partial charge is 0.243 e. The van der Waals surface area contributed by atoms with Crippen molar-refractivity contribution in [1.82, 2.24) is 4.31 Å². The molecule has 0 heterocycles. The molecule has 0 unspecified atom stereocenters. The van der Waals surface area contributed by atoms with Crippen LogP contribution in [-0.4, -0.2) is 25.8 Å². The Morgan fingerprint density at radius 2 is 1.89 bits per heavy atom. The van der Waals surface area contributed by atoms with Crippen molar-refractivity contribution in [3.63, 3.8) is 0 Å². The fraction of sp³-hybridized carbons (Fsp3) is 0.538. The minimum atomic E-state index is -3.47. The third-order valence-electron chi connectivity index (χ3n) is 3.08. The number of halogens is 1. The molecule has 0 aliphatic heterocycles. The van der Waals surface area contributed by atoms with Gasteiger partial charge in [0, 0.05) is 13.1 Å². The van der Waals surface area contributed by atoms with Gasteiger partial charge in [-0.25, -0.2) is 12.8 Å². The Morgan fingerprint density at radius 1 is 1.28 bits per heavy atom. The van der Waals surface area contributed by atoms with Crippen molar-refractivity contribution in [2.75, 3.05) is 13.1 Å². The van der Waals surface area contributed by atoms with E-state index < -0.39 is 15.8 Å². The van der Waals surface area contributed by atoms with Gasteiger partial charge in [-0.2, -0.15) is 4.31 Å². The number of nitrogens with zero attached hydrogens (tertiary/aromatic N) is 1. The topological polar surface area (TPSA) is 37.4 Å². The third-order valence-corrected chi connectivity index (χ3v) is 4.96. The lowest BCUT2D eigenvalue weighted by Gasteiger charge is -2.21. The second kappa shape index (κ2) is 5.36. The first-order chi connectivity index (χ1) is 8.54. The summed E-state index contributed by atoms with van der Waals surface area (Å²) < 4.78 is 39.2. The summed E-state index contributed by atoms with van der Waals surface area (Å²) in [5.41, 5.74) is 0. The molecule has 0 N–H and O–H groups in total. The predicted molar refractivity (Wildman–Crippen MR) is 68.2 cm³/mol. The molecule has 18 heavy (non-hydrogen) atoms. The van der Waals surface area contributed by atoms with E-state index in [2.05, 4.69) is 0 Å². The molecule has 0 amide bonds. The van der Waals surface area contributed by atoms with Crippen LogP contribution in [0.3, 0.4) is 0 Å². The van der Waals surface area contributed by atoms with E-state index in [0.29, 0.717) is 19.0 Å². The summed E-state index contributed by atoms with van der Waals surface area (Å²) >= 11 is 0. The fourth-order valence-corrected chi connectivity index (χ4v) is 3.51. The average Bonchev–Trinajstić information content (AvgIpc) is 3.13. The third kappa shape index (κ3) is 3.09. The molecular formula is C13H18FNO2S. The first-order valence-electron chi connectivity index (χ1n) is 6.29. The van der Waals surface area contributed by atoms with Crippen LogP contribution in [0.25, 0.3) is 0 Å². The Hall–Kier alpha value is -0.940. The zero-order chi connectivity index (χ0) is 13.2. The quantitative estimate of drug-likeness (QED) is 0.797. The van der Waals surface area contributed by atoms with Crippen molar-refractivity contribution >= 4 is 10.0 Å². The van der Waals surface area contributed by atoms with E-state index in [1.807, 2.05) is 6.92 Å². The SMILES string of the molecule is CCCN(CC1CC1)S(=O)(=O)c1ccc(F)cc1. The molecule has 0 atom stereocenters. The van der Waals surface area contributed by atoms with Crippen molar-refractivity contribution in [2.45, 2.75) is 31.1 Å². The molecule has 0 saturated heterocycles. The Kier molecular flexibility index (Phi) is 4.02. The van der Waals surface area contributed by atoms with Gasteiger partial charge in [0.25, 0.3) is 0 Å². The van der Waals surface area contributed by atoms with Crippen LogP contribution in [0.1, 0.15) is 26.2 Å². The highest BCUT2D eigenvalue weighted by Crippen LogP contribution is 2.31. The van der Waals surface area contributed by atoms with Crippen LogP contribution in [0.4, 0.5) is 4.39 Å². The van der Waals surface area contributed by atoms with Crippen molar-refractivity contribution in [3.8, 4) is 0 Å². The van der Waals surface area contributed by atoms with E-state index in [0.717, 1.165) is 19.3 Å². The van der Waals surface area contributed by atoms with Crippen molar-refractivity contribution in [1.29, 1.82) is 0 Å². The van der Waals surface area contributed by atoms with Gasteiger partial charge in [-0.15, -0.1) is 0 Å². The smallest absolute Gasteiger partial charge is 0.207 e. The van der Waals surface area contributed by atoms with Crippen LogP contribution in [0, 0.1) is 11.7 Å². The normalized spacial score (nSPS) is 16.2. The van der Waals surface area contributed by atoms with Crippen molar-refractivity contribution < 1.29 is 12.8 Å². The Bertz CT molecular complexity index is 494. The molecule has 100 valence electrons. The van der Waals surface area contributed by atoms with Crippen LogP contribution < -0.4 is 0 Å². The molecule has 1 aliphatic carbocycles. The monoisotopic (exact) mass is 271 g/mol. The highest BCUT2D eigenvalue weighted by atomic mass is 32.2. The Morgan fingerprint density at radius 3 is 2.39 bits per heavy atom. The Labute approximate surface area is 108 Å². The molecule has 3 nitrogen and oxygen atoms in total. The lowest BCUT2D eigenvalue weighted by molar-refractivity contribution is 0.395. The van der Waals surface area contributed by atoms with Gasteiger partial charge in [-0.3, -0.25) is 0 Å². The van der Waals surface area contributed by atoms with Gasteiger partial charge >= 0.3 is 0 Å². The maximum Gasteiger partial charge on any atom is 0.243 e. The molecule has 0 aromatic heterocycles. The number of rotatable bonds is 6. The van der Waals surface area contributed by atoms with Crippen molar-refractivity contribution in [2.24, 2.45) is 5.92 Å². The molecule has 1 aromatic rings. The maximum atomic E-state index is 12.8. The summed E-state index contributed by atoms with van der Waals surface area (Å²) in [7, 11) is -3.47. The van der Waals surface area contributed by atoms with Gasteiger partial charge in [-0.05, 0) is 49.4 Å². The highest BCUT2D eigenvalue weighted by molar-refractivity contribution is 7.89. The average molecular weight is 271 g/mol. The lowest BCUT2D eigenvalue weighted by atomic mass is 10.4. The summed E-state index contributed by atoms with van der Waals surface area (Å²) in [6.45, 7) is 3.07. The number of benzene rings is 1. The summed E-state index contributed by atoms with van der Waals surface area (Å²) in [5, 5.41) is 0. The van der Waals surface area contributed by atoms with Crippen molar-refractivity contribution in [3.05, 3.63) is 30.1 Å². The molecule has 0 bridgehead atoms. The Balaban J connectivity index is 2.22. The van der Waals surface area contributed by atoms with Gasteiger partial charge < -0.3 is 0 Å². The molecular weight excluding hydrogens is 253 g/mol. The van der Waals surface area contributed by atoms with E-state index in [1.165, 1.54) is 28.6 Å². The number of hydrogen-bond acceptors (Lipinski definition) is 2. The molecule has 2 rings (SSSR count). The maximum absolute atomic E-state index is 12.8. The lowest BCUT2D eigenvalue weighted by Crippen LogP contribution is -2.33. The van der Waals surface area contributed by atoms with E-state index in [9.17, 15) is 12.8 Å². The standard InChI is InChI=1S/C13H18FNO2S/c1-2-9-15(10-11-3-4-11)18(16,17)13-7-5-12(14)6-8-13/h5-8,11H,2-4,9-10H2,1H3. The van der Waals surface area contributed by atoms with E-state index in [4.69, 9.17) is 0 Å². The second-order valence-electron chi connectivity index (χ2n) is 4.76. The number of hydrogen-bond donors (Lipinski definition) is 0. The summed E-state index contributed by atoms with van der Waals surface area (Å²) in [5.74, 6) is 0.0879. The zero-order valence-corrected chi connectivity index (χ0v) is 11.3. The van der Waals surface area contributed by atoms with Crippen LogP contribution in [0.2, 0.25) is 0 Å². The van der Waals surface area contributed by atoms with E-state index >= 15 is 0 Å². The molecule has 0 radical (unpaired) electrons. The van der Waals surface area contributed by atoms with Crippen LogP contribution >= 0.6 is 0 Å². The predicted octanol–water partition coefficient (Wildman–Crippen LogP) is 2.64. The van der Waals surface area contributed by atoms with Crippen LogP contribution in [-0.2, 0) is 10.0 Å². The molecule has 5 heteroatoms. The summed E-state index contributed by atoms with van der Waals surface area (Å²) in [6, 6.07) is 5.04. The van der Waals surface area contributed by atoms with E-state index in [1.54, 1.807) is 0 Å². The van der Waals surface area contributed by atoms with Gasteiger partial charge in [0.15, 0.2) is 0 Å². The minimum absolute atomic E-state index is 0.179. The number of sulfonamides is 1. The van der Waals surface area contributed by atoms with Gasteiger partial charge in [-0.1, -0.05) is 6.92 Å². The second-order valence-corrected chi connectivity index (χ2v) is 6.70. The summed E-state index contributed by atoms with van der Waals surface area (Å²) in [6.07, 6.45) is 3.01. The molecule has 1 saturated carbocycles. The minimum Gasteiger partial charge on any atom is -0.207 e.